The summed E-state index contributed by atoms with van der Waals surface area (Å²) in [5.41, 5.74) is 1.94. The van der Waals surface area contributed by atoms with Gasteiger partial charge >= 0.3 is 5.69 Å². The number of rotatable bonds is 6. The molecule has 1 saturated heterocycles. The lowest BCUT2D eigenvalue weighted by molar-refractivity contribution is -0.383. The minimum atomic E-state index is -0.386. The van der Waals surface area contributed by atoms with Gasteiger partial charge in [0, 0.05) is 13.1 Å². The molecule has 2 heterocycles. The molecule has 0 amide bonds. The zero-order valence-electron chi connectivity index (χ0n) is 15.4. The highest BCUT2D eigenvalue weighted by molar-refractivity contribution is 5.71. The lowest BCUT2D eigenvalue weighted by atomic mass is 9.99. The van der Waals surface area contributed by atoms with E-state index in [-0.39, 0.29) is 22.5 Å². The van der Waals surface area contributed by atoms with Gasteiger partial charge in [0.05, 0.1) is 11.0 Å². The third-order valence-electron chi connectivity index (χ3n) is 4.94. The summed E-state index contributed by atoms with van der Waals surface area (Å²) in [5.74, 6) is 0.625. The first-order valence-electron chi connectivity index (χ1n) is 9.35. The van der Waals surface area contributed by atoms with E-state index >= 15 is 0 Å². The fraction of sp³-hybridized carbons (Fsp3) is 0.238. The van der Waals surface area contributed by atoms with Crippen molar-refractivity contribution < 1.29 is 4.92 Å². The van der Waals surface area contributed by atoms with Crippen LogP contribution in [0, 0.1) is 10.1 Å². The van der Waals surface area contributed by atoms with Crippen molar-refractivity contribution in [2.45, 2.75) is 18.9 Å². The van der Waals surface area contributed by atoms with E-state index in [1.54, 1.807) is 0 Å². The second-order valence-corrected chi connectivity index (χ2v) is 6.74. The van der Waals surface area contributed by atoms with Crippen LogP contribution in [0.4, 0.5) is 17.3 Å². The van der Waals surface area contributed by atoms with Crippen LogP contribution >= 0.6 is 0 Å². The monoisotopic (exact) mass is 375 g/mol. The predicted octanol–water partition coefficient (Wildman–Crippen LogP) is 4.19. The maximum Gasteiger partial charge on any atom is 0.353 e. The Labute approximate surface area is 163 Å². The van der Waals surface area contributed by atoms with Crippen molar-refractivity contribution in [3.8, 4) is 0 Å². The molecule has 4 rings (SSSR count). The summed E-state index contributed by atoms with van der Waals surface area (Å²) in [5, 5.41) is 15.2. The van der Waals surface area contributed by atoms with Crippen molar-refractivity contribution in [3.63, 3.8) is 0 Å². The molecule has 142 valence electrons. The van der Waals surface area contributed by atoms with Crippen LogP contribution in [0.1, 0.15) is 30.0 Å². The third kappa shape index (κ3) is 3.64. The Hall–Kier alpha value is -3.48. The minimum Gasteiger partial charge on any atom is -0.353 e. The number of anilines is 2. The summed E-state index contributed by atoms with van der Waals surface area (Å²) in [7, 11) is 0. The first kappa shape index (κ1) is 17.9. The maximum atomic E-state index is 11.9. The fourth-order valence-corrected chi connectivity index (χ4v) is 3.59. The van der Waals surface area contributed by atoms with E-state index in [4.69, 9.17) is 0 Å². The topological polar surface area (TPSA) is 84.2 Å². The third-order valence-corrected chi connectivity index (χ3v) is 4.94. The number of nitrogens with zero attached hydrogens (tertiary/aromatic N) is 4. The average Bonchev–Trinajstić information content (AvgIpc) is 3.27. The molecular formula is C21H21N5O2. The summed E-state index contributed by atoms with van der Waals surface area (Å²) in [4.78, 5) is 22.0. The van der Waals surface area contributed by atoms with Crippen LogP contribution in [0.3, 0.4) is 0 Å². The SMILES string of the molecule is O=[N+]([O-])c1c(NC(c2ccccc2)c2ccccc2)ncnc1N1CCCC1. The van der Waals surface area contributed by atoms with Gasteiger partial charge in [-0.3, -0.25) is 10.1 Å². The van der Waals surface area contributed by atoms with Crippen molar-refractivity contribution in [1.29, 1.82) is 0 Å². The zero-order chi connectivity index (χ0) is 19.3. The molecule has 0 radical (unpaired) electrons. The smallest absolute Gasteiger partial charge is 0.353 e. The zero-order valence-corrected chi connectivity index (χ0v) is 15.4. The molecule has 7 nitrogen and oxygen atoms in total. The van der Waals surface area contributed by atoms with E-state index in [1.165, 1.54) is 6.33 Å². The lowest BCUT2D eigenvalue weighted by Gasteiger charge is -2.22. The molecule has 1 fully saturated rings. The normalized spacial score (nSPS) is 13.7. The van der Waals surface area contributed by atoms with Crippen LogP contribution in [-0.2, 0) is 0 Å². The van der Waals surface area contributed by atoms with E-state index in [0.29, 0.717) is 5.82 Å². The molecule has 1 aliphatic rings. The number of benzene rings is 2. The molecule has 2 aromatic carbocycles. The molecular weight excluding hydrogens is 354 g/mol. The molecule has 0 spiro atoms. The van der Waals surface area contributed by atoms with E-state index < -0.39 is 0 Å². The van der Waals surface area contributed by atoms with Gasteiger partial charge in [-0.15, -0.1) is 0 Å². The van der Waals surface area contributed by atoms with E-state index in [9.17, 15) is 10.1 Å². The highest BCUT2D eigenvalue weighted by Gasteiger charge is 2.30. The quantitative estimate of drug-likeness (QED) is 0.514. The highest BCUT2D eigenvalue weighted by Crippen LogP contribution is 2.36. The van der Waals surface area contributed by atoms with Crippen LogP contribution in [-0.4, -0.2) is 28.0 Å². The summed E-state index contributed by atoms with van der Waals surface area (Å²) in [6, 6.07) is 19.5. The van der Waals surface area contributed by atoms with Crippen molar-refractivity contribution >= 4 is 17.3 Å². The molecule has 1 N–H and O–H groups in total. The number of hydrogen-bond donors (Lipinski definition) is 1. The van der Waals surface area contributed by atoms with Gasteiger partial charge in [0.1, 0.15) is 6.33 Å². The molecule has 28 heavy (non-hydrogen) atoms. The second-order valence-electron chi connectivity index (χ2n) is 6.74. The molecule has 3 aromatic rings. The van der Waals surface area contributed by atoms with Gasteiger partial charge in [0.2, 0.25) is 11.6 Å². The molecule has 0 bridgehead atoms. The molecule has 0 atom stereocenters. The maximum absolute atomic E-state index is 11.9. The lowest BCUT2D eigenvalue weighted by Crippen LogP contribution is -2.22. The molecule has 1 aromatic heterocycles. The Balaban J connectivity index is 1.77. The molecule has 1 aliphatic heterocycles. The number of hydrogen-bond acceptors (Lipinski definition) is 6. The van der Waals surface area contributed by atoms with Crippen LogP contribution in [0.25, 0.3) is 0 Å². The molecule has 0 unspecified atom stereocenters. The molecule has 0 saturated carbocycles. The van der Waals surface area contributed by atoms with Gasteiger partial charge in [-0.1, -0.05) is 60.7 Å². The van der Waals surface area contributed by atoms with Gasteiger partial charge in [-0.25, -0.2) is 9.97 Å². The van der Waals surface area contributed by atoms with Crippen LogP contribution in [0.5, 0.6) is 0 Å². The number of nitrogens with one attached hydrogen (secondary N) is 1. The van der Waals surface area contributed by atoms with Gasteiger partial charge in [0.15, 0.2) is 0 Å². The van der Waals surface area contributed by atoms with E-state index in [2.05, 4.69) is 15.3 Å². The van der Waals surface area contributed by atoms with Crippen LogP contribution < -0.4 is 10.2 Å². The molecule has 0 aliphatic carbocycles. The number of nitro groups is 1. The van der Waals surface area contributed by atoms with Crippen molar-refractivity contribution in [1.82, 2.24) is 9.97 Å². The van der Waals surface area contributed by atoms with Crippen molar-refractivity contribution in [3.05, 3.63) is 88.2 Å². The van der Waals surface area contributed by atoms with Crippen molar-refractivity contribution in [2.75, 3.05) is 23.3 Å². The minimum absolute atomic E-state index is 0.0683. The number of aromatic nitrogens is 2. The Morgan fingerprint density at radius 1 is 0.929 bits per heavy atom. The summed E-state index contributed by atoms with van der Waals surface area (Å²) in [6.07, 6.45) is 3.43. The van der Waals surface area contributed by atoms with Crippen LogP contribution in [0.2, 0.25) is 0 Å². The average molecular weight is 375 g/mol. The Bertz CT molecular complexity index is 904. The summed E-state index contributed by atoms with van der Waals surface area (Å²) < 4.78 is 0. The summed E-state index contributed by atoms with van der Waals surface area (Å²) >= 11 is 0. The van der Waals surface area contributed by atoms with Gasteiger partial charge < -0.3 is 10.2 Å². The summed E-state index contributed by atoms with van der Waals surface area (Å²) in [6.45, 7) is 1.55. The first-order chi connectivity index (χ1) is 13.7. The fourth-order valence-electron chi connectivity index (χ4n) is 3.59. The van der Waals surface area contributed by atoms with Gasteiger partial charge in [-0.2, -0.15) is 0 Å². The van der Waals surface area contributed by atoms with Crippen molar-refractivity contribution in [2.24, 2.45) is 0 Å². The van der Waals surface area contributed by atoms with E-state index in [0.717, 1.165) is 37.1 Å². The second kappa shape index (κ2) is 8.04. The standard InChI is InChI=1S/C21H21N5O2/c27-26(28)19-20(22-15-23-21(19)25-13-7-8-14-25)24-18(16-9-3-1-4-10-16)17-11-5-2-6-12-17/h1-6,9-12,15,18H,7-8,13-14H2,(H,22,23,24). The van der Waals surface area contributed by atoms with Crippen LogP contribution in [0.15, 0.2) is 67.0 Å². The van der Waals surface area contributed by atoms with E-state index in [1.807, 2.05) is 65.6 Å². The largest absolute Gasteiger partial charge is 0.353 e. The Morgan fingerprint density at radius 3 is 2.04 bits per heavy atom. The Kier molecular flexibility index (Phi) is 5.14. The Morgan fingerprint density at radius 2 is 1.50 bits per heavy atom. The highest BCUT2D eigenvalue weighted by atomic mass is 16.6. The molecule has 7 heteroatoms. The van der Waals surface area contributed by atoms with Gasteiger partial charge in [0.25, 0.3) is 0 Å². The predicted molar refractivity (Wildman–Crippen MR) is 108 cm³/mol. The first-order valence-corrected chi connectivity index (χ1v) is 9.35. The van der Waals surface area contributed by atoms with Gasteiger partial charge in [-0.05, 0) is 24.0 Å².